The number of piperidine rings is 1. The van der Waals surface area contributed by atoms with Crippen LogP contribution in [-0.4, -0.2) is 82.7 Å². The van der Waals surface area contributed by atoms with Gasteiger partial charge in [-0.15, -0.1) is 0 Å². The number of aromatic nitrogens is 2. The van der Waals surface area contributed by atoms with Crippen LogP contribution >= 0.6 is 11.6 Å². The minimum Gasteiger partial charge on any atom is -0.336 e. The van der Waals surface area contributed by atoms with Crippen LogP contribution in [0.25, 0.3) is 0 Å². The summed E-state index contributed by atoms with van der Waals surface area (Å²) in [5, 5.41) is 4.81. The van der Waals surface area contributed by atoms with E-state index < -0.39 is 0 Å². The molecule has 3 heterocycles. The molecule has 1 atom stereocenters. The highest BCUT2D eigenvalue weighted by Gasteiger charge is 2.31. The fraction of sp³-hybridized carbons (Fsp3) is 0.545. The third kappa shape index (κ3) is 4.53. The van der Waals surface area contributed by atoms with Crippen LogP contribution in [0.15, 0.2) is 24.3 Å². The Balaban J connectivity index is 1.41. The van der Waals surface area contributed by atoms with Crippen LogP contribution in [0.1, 0.15) is 34.5 Å². The summed E-state index contributed by atoms with van der Waals surface area (Å²) in [5.74, 6) is -0.334. The Morgan fingerprint density at radius 2 is 1.87 bits per heavy atom. The van der Waals surface area contributed by atoms with Crippen molar-refractivity contribution in [2.45, 2.75) is 32.4 Å². The molecule has 2 aliphatic heterocycles. The number of hydrogen-bond acceptors (Lipinski definition) is 4. The number of hydrogen-bond donors (Lipinski definition) is 0. The number of likely N-dealkylation sites (tertiary alicyclic amines) is 1. The molecule has 0 N–H and O–H groups in total. The summed E-state index contributed by atoms with van der Waals surface area (Å²) in [7, 11) is 2.18. The van der Waals surface area contributed by atoms with Gasteiger partial charge in [0, 0.05) is 38.8 Å². The van der Waals surface area contributed by atoms with Gasteiger partial charge in [-0.05, 0) is 51.1 Å². The van der Waals surface area contributed by atoms with Crippen molar-refractivity contribution in [3.63, 3.8) is 0 Å². The molecular weight excluding hydrogens is 405 g/mol. The monoisotopic (exact) mass is 433 g/mol. The highest BCUT2D eigenvalue weighted by atomic mass is 35.5. The number of amides is 1. The van der Waals surface area contributed by atoms with E-state index >= 15 is 0 Å². The van der Waals surface area contributed by atoms with Crippen LogP contribution in [0.5, 0.6) is 0 Å². The van der Waals surface area contributed by atoms with Crippen molar-refractivity contribution < 1.29 is 9.18 Å². The third-order valence-corrected chi connectivity index (χ3v) is 6.63. The molecule has 30 heavy (non-hydrogen) atoms. The number of likely N-dealkylation sites (N-methyl/N-ethyl adjacent to an activating group) is 1. The highest BCUT2D eigenvalue weighted by molar-refractivity contribution is 6.33. The van der Waals surface area contributed by atoms with Crippen LogP contribution in [0.4, 0.5) is 4.39 Å². The van der Waals surface area contributed by atoms with Crippen molar-refractivity contribution in [3.05, 3.63) is 52.1 Å². The molecule has 0 saturated carbocycles. The first-order valence-electron chi connectivity index (χ1n) is 10.6. The fourth-order valence-corrected chi connectivity index (χ4v) is 4.86. The minimum atomic E-state index is -0.281. The van der Waals surface area contributed by atoms with Gasteiger partial charge in [0.1, 0.15) is 11.0 Å². The van der Waals surface area contributed by atoms with E-state index in [1.54, 1.807) is 16.8 Å². The molecule has 6 nitrogen and oxygen atoms in total. The van der Waals surface area contributed by atoms with E-state index in [4.69, 9.17) is 11.6 Å². The van der Waals surface area contributed by atoms with Gasteiger partial charge in [-0.1, -0.05) is 23.7 Å². The molecule has 2 fully saturated rings. The summed E-state index contributed by atoms with van der Waals surface area (Å²) < 4.78 is 14.8. The number of halogens is 2. The molecule has 1 amide bonds. The second-order valence-electron chi connectivity index (χ2n) is 8.42. The van der Waals surface area contributed by atoms with Gasteiger partial charge in [0.25, 0.3) is 5.91 Å². The number of carbonyl (C=O) groups excluding carboxylic acids is 1. The van der Waals surface area contributed by atoms with E-state index in [-0.39, 0.29) is 11.7 Å². The first kappa shape index (κ1) is 21.3. The molecule has 1 aromatic carbocycles. The summed E-state index contributed by atoms with van der Waals surface area (Å²) in [6, 6.07) is 6.81. The average molecular weight is 434 g/mol. The Kier molecular flexibility index (Phi) is 6.41. The van der Waals surface area contributed by atoms with Crippen LogP contribution in [-0.2, 0) is 6.54 Å². The zero-order chi connectivity index (χ0) is 21.3. The molecule has 1 unspecified atom stereocenters. The largest absolute Gasteiger partial charge is 0.336 e. The van der Waals surface area contributed by atoms with Crippen molar-refractivity contribution in [2.75, 3.05) is 46.3 Å². The fourth-order valence-electron chi connectivity index (χ4n) is 4.55. The maximum Gasteiger partial charge on any atom is 0.258 e. The van der Waals surface area contributed by atoms with Gasteiger partial charge in [-0.2, -0.15) is 5.10 Å². The standard InChI is InChI=1S/C22H29ClFN5O/c1-16-20(21(23)29(25-16)14-17-5-7-18(24)8-6-17)22(30)28-12-10-27(11-13-28)19-4-3-9-26(2)15-19/h5-8,19H,3-4,9-15H2,1-2H3. The van der Waals surface area contributed by atoms with Crippen molar-refractivity contribution in [1.29, 1.82) is 0 Å². The molecule has 8 heteroatoms. The first-order chi connectivity index (χ1) is 14.4. The molecule has 0 aliphatic carbocycles. The predicted molar refractivity (Wildman–Crippen MR) is 115 cm³/mol. The first-order valence-corrected chi connectivity index (χ1v) is 11.0. The number of rotatable bonds is 4. The summed E-state index contributed by atoms with van der Waals surface area (Å²) in [4.78, 5) is 20.0. The van der Waals surface area contributed by atoms with E-state index in [0.717, 1.165) is 25.2 Å². The molecule has 1 aromatic heterocycles. The lowest BCUT2D eigenvalue weighted by molar-refractivity contribution is 0.0451. The molecule has 0 bridgehead atoms. The summed E-state index contributed by atoms with van der Waals surface area (Å²) in [6.45, 7) is 7.69. The van der Waals surface area contributed by atoms with E-state index in [1.807, 2.05) is 11.8 Å². The number of piperazine rings is 1. The van der Waals surface area contributed by atoms with Gasteiger partial charge >= 0.3 is 0 Å². The van der Waals surface area contributed by atoms with Gasteiger partial charge in [0.05, 0.1) is 17.8 Å². The zero-order valence-corrected chi connectivity index (χ0v) is 18.4. The maximum absolute atomic E-state index is 13.2. The number of carbonyl (C=O) groups is 1. The van der Waals surface area contributed by atoms with E-state index in [9.17, 15) is 9.18 Å². The number of benzene rings is 1. The van der Waals surface area contributed by atoms with E-state index in [0.29, 0.717) is 42.1 Å². The van der Waals surface area contributed by atoms with Crippen molar-refractivity contribution >= 4 is 17.5 Å². The lowest BCUT2D eigenvalue weighted by Crippen LogP contribution is -2.55. The predicted octanol–water partition coefficient (Wildman–Crippen LogP) is 2.88. The number of nitrogens with zero attached hydrogens (tertiary/aromatic N) is 5. The smallest absolute Gasteiger partial charge is 0.258 e. The molecule has 0 radical (unpaired) electrons. The van der Waals surface area contributed by atoms with Gasteiger partial charge < -0.3 is 9.80 Å². The van der Waals surface area contributed by atoms with E-state index in [1.165, 1.54) is 31.5 Å². The normalized spacial score (nSPS) is 21.2. The quantitative estimate of drug-likeness (QED) is 0.743. The van der Waals surface area contributed by atoms with Crippen LogP contribution in [0, 0.1) is 12.7 Å². The van der Waals surface area contributed by atoms with Crippen molar-refractivity contribution in [2.24, 2.45) is 0 Å². The Bertz CT molecular complexity index is 892. The molecule has 0 spiro atoms. The highest BCUT2D eigenvalue weighted by Crippen LogP contribution is 2.24. The SMILES string of the molecule is Cc1nn(Cc2ccc(F)cc2)c(Cl)c1C(=O)N1CCN(C2CCCN(C)C2)CC1. The number of aryl methyl sites for hydroxylation is 1. The second kappa shape index (κ2) is 9.04. The molecule has 2 saturated heterocycles. The van der Waals surface area contributed by atoms with Crippen LogP contribution in [0.2, 0.25) is 5.15 Å². The van der Waals surface area contributed by atoms with Gasteiger partial charge in [-0.3, -0.25) is 9.69 Å². The zero-order valence-electron chi connectivity index (χ0n) is 17.7. The molecule has 162 valence electrons. The molecule has 2 aliphatic rings. The second-order valence-corrected chi connectivity index (χ2v) is 8.78. The van der Waals surface area contributed by atoms with Gasteiger partial charge in [0.2, 0.25) is 0 Å². The lowest BCUT2D eigenvalue weighted by Gasteiger charge is -2.42. The molecular formula is C22H29ClFN5O. The average Bonchev–Trinajstić information content (AvgIpc) is 3.02. The topological polar surface area (TPSA) is 44.6 Å². The van der Waals surface area contributed by atoms with Gasteiger partial charge in [-0.25, -0.2) is 9.07 Å². The van der Waals surface area contributed by atoms with E-state index in [2.05, 4.69) is 21.9 Å². The Morgan fingerprint density at radius 1 is 1.17 bits per heavy atom. The summed E-state index contributed by atoms with van der Waals surface area (Å²) in [6.07, 6.45) is 2.47. The van der Waals surface area contributed by atoms with Crippen LogP contribution in [0.3, 0.4) is 0 Å². The Labute approximate surface area is 182 Å². The van der Waals surface area contributed by atoms with Crippen molar-refractivity contribution in [1.82, 2.24) is 24.5 Å². The molecule has 4 rings (SSSR count). The Morgan fingerprint density at radius 3 is 2.53 bits per heavy atom. The van der Waals surface area contributed by atoms with Crippen molar-refractivity contribution in [3.8, 4) is 0 Å². The minimum absolute atomic E-state index is 0.0525. The summed E-state index contributed by atoms with van der Waals surface area (Å²) in [5.41, 5.74) is 1.99. The molecule has 2 aromatic rings. The third-order valence-electron chi connectivity index (χ3n) is 6.24. The summed E-state index contributed by atoms with van der Waals surface area (Å²) >= 11 is 6.55. The van der Waals surface area contributed by atoms with Gasteiger partial charge in [0.15, 0.2) is 0 Å². The Hall–Kier alpha value is -1.96. The lowest BCUT2D eigenvalue weighted by atomic mass is 10.0. The van der Waals surface area contributed by atoms with Crippen LogP contribution < -0.4 is 0 Å². The maximum atomic E-state index is 13.2.